The summed E-state index contributed by atoms with van der Waals surface area (Å²) in [5.74, 6) is 1.74. The molecule has 1 aromatic rings. The van der Waals surface area contributed by atoms with E-state index in [1.165, 1.54) is 26.4 Å². The van der Waals surface area contributed by atoms with Gasteiger partial charge in [0, 0.05) is 12.7 Å². The molecule has 0 saturated heterocycles. The predicted octanol–water partition coefficient (Wildman–Crippen LogP) is 2.11. The van der Waals surface area contributed by atoms with Crippen LogP contribution in [0.25, 0.3) is 0 Å². The Morgan fingerprint density at radius 1 is 1.56 bits per heavy atom. The lowest BCUT2D eigenvalue weighted by atomic mass is 9.98. The van der Waals surface area contributed by atoms with Crippen LogP contribution in [0.1, 0.15) is 36.8 Å². The van der Waals surface area contributed by atoms with Crippen LogP contribution < -0.4 is 5.32 Å². The van der Waals surface area contributed by atoms with Gasteiger partial charge in [-0.2, -0.15) is 0 Å². The van der Waals surface area contributed by atoms with Gasteiger partial charge in [0.05, 0.1) is 7.11 Å². The summed E-state index contributed by atoms with van der Waals surface area (Å²) in [5.41, 5.74) is 0. The highest BCUT2D eigenvalue weighted by Gasteiger charge is 2.23. The van der Waals surface area contributed by atoms with Crippen molar-refractivity contribution in [2.75, 3.05) is 19.0 Å². The predicted molar refractivity (Wildman–Crippen MR) is 68.4 cm³/mol. The molecule has 2 rings (SSSR count). The average molecular weight is 249 g/mol. The van der Waals surface area contributed by atoms with E-state index in [0.29, 0.717) is 11.7 Å². The van der Waals surface area contributed by atoms with E-state index in [1.807, 2.05) is 0 Å². The van der Waals surface area contributed by atoms with Crippen LogP contribution in [0.4, 0.5) is 5.82 Å². The Hall–Kier alpha value is -1.65. The maximum absolute atomic E-state index is 11.3. The van der Waals surface area contributed by atoms with E-state index in [-0.39, 0.29) is 5.82 Å². The van der Waals surface area contributed by atoms with Crippen LogP contribution in [0.15, 0.2) is 12.3 Å². The van der Waals surface area contributed by atoms with Gasteiger partial charge >= 0.3 is 5.97 Å². The van der Waals surface area contributed by atoms with E-state index >= 15 is 0 Å². The lowest BCUT2D eigenvalue weighted by Gasteiger charge is -2.16. The van der Waals surface area contributed by atoms with Gasteiger partial charge < -0.3 is 10.1 Å². The van der Waals surface area contributed by atoms with Gasteiger partial charge in [-0.3, -0.25) is 0 Å². The molecule has 1 heterocycles. The van der Waals surface area contributed by atoms with E-state index in [2.05, 4.69) is 26.9 Å². The van der Waals surface area contributed by atoms with Crippen LogP contribution in [0.2, 0.25) is 0 Å². The molecule has 0 aliphatic heterocycles. The molecule has 98 valence electrons. The average Bonchev–Trinajstić information content (AvgIpc) is 2.81. The molecule has 5 nitrogen and oxygen atoms in total. The number of aromatic nitrogens is 2. The number of nitrogens with zero attached hydrogens (tertiary/aromatic N) is 2. The molecule has 1 aromatic heterocycles. The lowest BCUT2D eigenvalue weighted by Crippen LogP contribution is -2.18. The summed E-state index contributed by atoms with van der Waals surface area (Å²) in [6.07, 6.45) is 5.46. The standard InChI is InChI=1S/C13H19N3O2/c1-9-4-3-5-10(9)8-15-11-6-7-14-12(16-11)13(17)18-2/h6-7,9-10H,3-5,8H2,1-2H3,(H,14,15,16). The van der Waals surface area contributed by atoms with Gasteiger partial charge in [-0.25, -0.2) is 14.8 Å². The lowest BCUT2D eigenvalue weighted by molar-refractivity contribution is 0.0587. The van der Waals surface area contributed by atoms with Crippen molar-refractivity contribution in [2.45, 2.75) is 26.2 Å². The summed E-state index contributed by atoms with van der Waals surface area (Å²) < 4.78 is 4.59. The van der Waals surface area contributed by atoms with E-state index in [1.54, 1.807) is 12.3 Å². The SMILES string of the molecule is COC(=O)c1nccc(NCC2CCCC2C)n1. The number of carbonyl (C=O) groups excluding carboxylic acids is 1. The molecule has 1 saturated carbocycles. The van der Waals surface area contributed by atoms with Gasteiger partial charge in [-0.05, 0) is 24.3 Å². The van der Waals surface area contributed by atoms with Crippen LogP contribution in [-0.4, -0.2) is 29.6 Å². The van der Waals surface area contributed by atoms with E-state index in [0.717, 1.165) is 12.5 Å². The van der Waals surface area contributed by atoms with Crippen molar-refractivity contribution in [1.82, 2.24) is 9.97 Å². The minimum Gasteiger partial charge on any atom is -0.463 e. The highest BCUT2D eigenvalue weighted by Crippen LogP contribution is 2.30. The molecule has 5 heteroatoms. The number of rotatable bonds is 4. The second-order valence-electron chi connectivity index (χ2n) is 4.81. The number of esters is 1. The van der Waals surface area contributed by atoms with Crippen molar-refractivity contribution in [1.29, 1.82) is 0 Å². The Morgan fingerprint density at radius 2 is 2.39 bits per heavy atom. The Bertz CT molecular complexity index is 422. The van der Waals surface area contributed by atoms with Crippen molar-refractivity contribution in [3.8, 4) is 0 Å². The third-order valence-electron chi connectivity index (χ3n) is 3.61. The maximum Gasteiger partial charge on any atom is 0.376 e. The third kappa shape index (κ3) is 2.97. The van der Waals surface area contributed by atoms with Crippen molar-refractivity contribution < 1.29 is 9.53 Å². The zero-order valence-corrected chi connectivity index (χ0v) is 10.8. The fourth-order valence-electron chi connectivity index (χ4n) is 2.41. The first-order valence-electron chi connectivity index (χ1n) is 6.36. The van der Waals surface area contributed by atoms with Crippen LogP contribution in [0, 0.1) is 11.8 Å². The Balaban J connectivity index is 1.95. The van der Waals surface area contributed by atoms with Crippen LogP contribution >= 0.6 is 0 Å². The zero-order valence-electron chi connectivity index (χ0n) is 10.8. The van der Waals surface area contributed by atoms with Crippen LogP contribution in [0.3, 0.4) is 0 Å². The Kier molecular flexibility index (Phi) is 4.12. The van der Waals surface area contributed by atoms with Gasteiger partial charge in [-0.15, -0.1) is 0 Å². The van der Waals surface area contributed by atoms with Gasteiger partial charge in [0.15, 0.2) is 0 Å². The molecule has 1 N–H and O–H groups in total. The van der Waals surface area contributed by atoms with E-state index in [9.17, 15) is 4.79 Å². The molecule has 18 heavy (non-hydrogen) atoms. The van der Waals surface area contributed by atoms with E-state index < -0.39 is 5.97 Å². The summed E-state index contributed by atoms with van der Waals surface area (Å²) >= 11 is 0. The minimum absolute atomic E-state index is 0.0990. The maximum atomic E-state index is 11.3. The van der Waals surface area contributed by atoms with E-state index in [4.69, 9.17) is 0 Å². The quantitative estimate of drug-likeness (QED) is 0.828. The summed E-state index contributed by atoms with van der Waals surface area (Å²) in [6, 6.07) is 1.77. The summed E-state index contributed by atoms with van der Waals surface area (Å²) in [6.45, 7) is 3.19. The first-order chi connectivity index (χ1) is 8.70. The fraction of sp³-hybridized carbons (Fsp3) is 0.615. The number of ether oxygens (including phenoxy) is 1. The topological polar surface area (TPSA) is 64.1 Å². The molecule has 1 aliphatic carbocycles. The minimum atomic E-state index is -0.507. The van der Waals surface area contributed by atoms with Crippen LogP contribution in [-0.2, 0) is 4.74 Å². The highest BCUT2D eigenvalue weighted by molar-refractivity contribution is 5.85. The molecule has 0 amide bonds. The van der Waals surface area contributed by atoms with Gasteiger partial charge in [0.1, 0.15) is 5.82 Å². The summed E-state index contributed by atoms with van der Waals surface area (Å²) in [7, 11) is 1.33. The highest BCUT2D eigenvalue weighted by atomic mass is 16.5. The first-order valence-corrected chi connectivity index (χ1v) is 6.36. The fourth-order valence-corrected chi connectivity index (χ4v) is 2.41. The van der Waals surface area contributed by atoms with Gasteiger partial charge in [0.2, 0.25) is 5.82 Å². The van der Waals surface area contributed by atoms with Crippen molar-refractivity contribution >= 4 is 11.8 Å². The number of hydrogen-bond acceptors (Lipinski definition) is 5. The molecular weight excluding hydrogens is 230 g/mol. The van der Waals surface area contributed by atoms with Crippen molar-refractivity contribution in [3.05, 3.63) is 18.1 Å². The number of nitrogens with one attached hydrogen (secondary N) is 1. The second-order valence-corrected chi connectivity index (χ2v) is 4.81. The molecule has 0 spiro atoms. The summed E-state index contributed by atoms with van der Waals surface area (Å²) in [4.78, 5) is 19.3. The normalized spacial score (nSPS) is 22.8. The molecule has 1 fully saturated rings. The van der Waals surface area contributed by atoms with Gasteiger partial charge in [-0.1, -0.05) is 19.8 Å². The first kappa shape index (κ1) is 12.8. The smallest absolute Gasteiger partial charge is 0.376 e. The largest absolute Gasteiger partial charge is 0.463 e. The van der Waals surface area contributed by atoms with Crippen LogP contribution in [0.5, 0.6) is 0 Å². The molecule has 0 bridgehead atoms. The molecule has 2 unspecified atom stereocenters. The number of carbonyl (C=O) groups is 1. The summed E-state index contributed by atoms with van der Waals surface area (Å²) in [5, 5.41) is 3.28. The van der Waals surface area contributed by atoms with Crippen molar-refractivity contribution in [2.24, 2.45) is 11.8 Å². The van der Waals surface area contributed by atoms with Crippen molar-refractivity contribution in [3.63, 3.8) is 0 Å². The Labute approximate surface area is 107 Å². The molecule has 0 aromatic carbocycles. The second kappa shape index (κ2) is 5.80. The third-order valence-corrected chi connectivity index (χ3v) is 3.61. The van der Waals surface area contributed by atoms with Gasteiger partial charge in [0.25, 0.3) is 0 Å². The number of methoxy groups -OCH3 is 1. The number of anilines is 1. The molecule has 0 radical (unpaired) electrons. The zero-order chi connectivity index (χ0) is 13.0. The molecule has 1 aliphatic rings. The number of hydrogen-bond donors (Lipinski definition) is 1. The Morgan fingerprint density at radius 3 is 3.06 bits per heavy atom. The molecular formula is C13H19N3O2. The molecule has 2 atom stereocenters. The monoisotopic (exact) mass is 249 g/mol.